The highest BCUT2D eigenvalue weighted by Crippen LogP contribution is 2.52. The zero-order valence-corrected chi connectivity index (χ0v) is 22.3. The van der Waals surface area contributed by atoms with E-state index in [9.17, 15) is 9.90 Å². The summed E-state index contributed by atoms with van der Waals surface area (Å²) in [6.45, 7) is 5.44. The van der Waals surface area contributed by atoms with Crippen molar-refractivity contribution in [2.75, 3.05) is 23.0 Å². The van der Waals surface area contributed by atoms with Gasteiger partial charge in [-0.2, -0.15) is 10.2 Å². The molecule has 2 aromatic heterocycles. The maximum absolute atomic E-state index is 11.3. The molecule has 3 aromatic rings. The van der Waals surface area contributed by atoms with E-state index in [1.54, 1.807) is 0 Å². The number of aliphatic carboxylic acids is 1. The van der Waals surface area contributed by atoms with Crippen LogP contribution in [0.1, 0.15) is 25.8 Å². The highest BCUT2D eigenvalue weighted by molar-refractivity contribution is 6.32. The van der Waals surface area contributed by atoms with Crippen molar-refractivity contribution in [2.24, 2.45) is 29.9 Å². The standard InChI is InChI=1S/C27H27ClN6O2.C2H2/c1-4-21(28)15(2)24-10-23(17-6-5-7-22-18(17)12-32(3)30-22)31-34(24)16-8-9-25(29-11-16)33-13-19-20(14-33)26(19)27(35)36;1-2/h4-9,11-12,19-20,26H,10,13-14H2,1-3H3,(H,35,36);1-2H/b21-4+,24-15+;. The average molecular weight is 529 g/mol. The molecule has 1 saturated heterocycles. The molecule has 0 amide bonds. The number of allylic oxidation sites excluding steroid dienone is 4. The average Bonchev–Trinajstić information content (AvgIpc) is 3.30. The van der Waals surface area contributed by atoms with Crippen molar-refractivity contribution in [1.29, 1.82) is 0 Å². The summed E-state index contributed by atoms with van der Waals surface area (Å²) < 4.78 is 1.82. The van der Waals surface area contributed by atoms with Crippen LogP contribution >= 0.6 is 11.6 Å². The van der Waals surface area contributed by atoms with E-state index in [4.69, 9.17) is 21.7 Å². The van der Waals surface area contributed by atoms with Crippen LogP contribution in [0.15, 0.2) is 70.2 Å². The third-order valence-electron chi connectivity index (χ3n) is 7.61. The topological polar surface area (TPSA) is 86.9 Å². The fourth-order valence-corrected chi connectivity index (χ4v) is 5.75. The molecule has 8 nitrogen and oxygen atoms in total. The molecule has 9 heteroatoms. The number of carboxylic acids is 1. The van der Waals surface area contributed by atoms with Gasteiger partial charge in [0.2, 0.25) is 0 Å². The fraction of sp³-hybridized carbons (Fsp3) is 0.310. The summed E-state index contributed by atoms with van der Waals surface area (Å²) >= 11 is 6.55. The molecule has 1 aromatic carbocycles. The highest BCUT2D eigenvalue weighted by atomic mass is 35.5. The normalized spacial score (nSPS) is 23.6. The summed E-state index contributed by atoms with van der Waals surface area (Å²) in [4.78, 5) is 18.2. The number of nitrogens with zero attached hydrogens (tertiary/aromatic N) is 6. The predicted octanol–water partition coefficient (Wildman–Crippen LogP) is 5.02. The molecular weight excluding hydrogens is 500 g/mol. The second kappa shape index (κ2) is 9.99. The highest BCUT2D eigenvalue weighted by Gasteiger charge is 2.60. The Bertz CT molecular complexity index is 1500. The second-order valence-corrected chi connectivity index (χ2v) is 10.2. The molecule has 6 rings (SSSR count). The van der Waals surface area contributed by atoms with Crippen LogP contribution in [0.3, 0.4) is 0 Å². The van der Waals surface area contributed by atoms with Crippen LogP contribution in [0.25, 0.3) is 10.9 Å². The van der Waals surface area contributed by atoms with Gasteiger partial charge in [0, 0.05) is 48.7 Å². The molecule has 4 heterocycles. The van der Waals surface area contributed by atoms with Crippen LogP contribution in [0.4, 0.5) is 11.5 Å². The van der Waals surface area contributed by atoms with E-state index >= 15 is 0 Å². The molecule has 0 bridgehead atoms. The number of halogens is 1. The smallest absolute Gasteiger partial charge is 0.307 e. The van der Waals surface area contributed by atoms with Gasteiger partial charge in [-0.3, -0.25) is 9.48 Å². The van der Waals surface area contributed by atoms with Crippen LogP contribution < -0.4 is 9.91 Å². The molecule has 2 aliphatic heterocycles. The summed E-state index contributed by atoms with van der Waals surface area (Å²) in [5.41, 5.74) is 5.78. The third kappa shape index (κ3) is 4.33. The number of aryl methyl sites for hydroxylation is 1. The number of hydrazone groups is 1. The Morgan fingerprint density at radius 1 is 1.18 bits per heavy atom. The number of pyridine rings is 1. The number of benzene rings is 1. The molecule has 1 aliphatic carbocycles. The first-order chi connectivity index (χ1) is 18.4. The molecular formula is C29H29ClN6O2. The van der Waals surface area contributed by atoms with E-state index in [0.717, 1.165) is 58.0 Å². The number of aromatic nitrogens is 3. The SMILES string of the molecule is C#C.C/C=C(Cl)\C(C)=C1/CC(c2cccc3nn(C)cc23)=NN1c1ccc(N2CC3C(C2)C3C(=O)O)nc1. The Kier molecular flexibility index (Phi) is 6.72. The van der Waals surface area contributed by atoms with Gasteiger partial charge in [-0.25, -0.2) is 9.99 Å². The van der Waals surface area contributed by atoms with Gasteiger partial charge in [-0.1, -0.05) is 29.8 Å². The van der Waals surface area contributed by atoms with Gasteiger partial charge in [0.25, 0.3) is 0 Å². The van der Waals surface area contributed by atoms with Gasteiger partial charge in [0.15, 0.2) is 0 Å². The second-order valence-electron chi connectivity index (χ2n) is 9.76. The number of rotatable bonds is 5. The third-order valence-corrected chi connectivity index (χ3v) is 8.11. The summed E-state index contributed by atoms with van der Waals surface area (Å²) in [5, 5.41) is 22.6. The molecule has 0 spiro atoms. The van der Waals surface area contributed by atoms with Crippen molar-refractivity contribution in [3.8, 4) is 12.8 Å². The lowest BCUT2D eigenvalue weighted by Gasteiger charge is -2.22. The Morgan fingerprint density at radius 3 is 2.55 bits per heavy atom. The molecule has 2 atom stereocenters. The maximum Gasteiger partial charge on any atom is 0.307 e. The minimum absolute atomic E-state index is 0.186. The lowest BCUT2D eigenvalue weighted by atomic mass is 10.0. The molecule has 194 valence electrons. The Hall–Kier alpha value is -4.09. The molecule has 3 aliphatic rings. The van der Waals surface area contributed by atoms with Gasteiger partial charge in [0.1, 0.15) is 5.82 Å². The van der Waals surface area contributed by atoms with Gasteiger partial charge in [0.05, 0.1) is 34.7 Å². The fourth-order valence-electron chi connectivity index (χ4n) is 5.64. The largest absolute Gasteiger partial charge is 0.481 e. The quantitative estimate of drug-likeness (QED) is 0.468. The van der Waals surface area contributed by atoms with Gasteiger partial charge >= 0.3 is 5.97 Å². The Balaban J connectivity index is 0.00000144. The maximum atomic E-state index is 11.3. The van der Waals surface area contributed by atoms with E-state index in [0.29, 0.717) is 11.5 Å². The summed E-state index contributed by atoms with van der Waals surface area (Å²) in [6.07, 6.45) is 14.4. The van der Waals surface area contributed by atoms with Crippen LogP contribution in [0, 0.1) is 30.6 Å². The van der Waals surface area contributed by atoms with E-state index < -0.39 is 5.97 Å². The van der Waals surface area contributed by atoms with Crippen molar-refractivity contribution in [3.05, 3.63) is 70.7 Å². The minimum Gasteiger partial charge on any atom is -0.481 e. The predicted molar refractivity (Wildman–Crippen MR) is 151 cm³/mol. The minimum atomic E-state index is -0.674. The van der Waals surface area contributed by atoms with E-state index in [1.165, 1.54) is 0 Å². The van der Waals surface area contributed by atoms with Crippen molar-refractivity contribution >= 4 is 45.7 Å². The number of anilines is 2. The molecule has 0 radical (unpaired) electrons. The van der Waals surface area contributed by atoms with Crippen LogP contribution in [-0.2, 0) is 11.8 Å². The van der Waals surface area contributed by atoms with E-state index in [-0.39, 0.29) is 17.8 Å². The monoisotopic (exact) mass is 528 g/mol. The molecule has 1 N–H and O–H groups in total. The van der Waals surface area contributed by atoms with Gasteiger partial charge in [-0.05, 0) is 49.5 Å². The van der Waals surface area contributed by atoms with E-state index in [1.807, 2.05) is 73.3 Å². The molecule has 2 unspecified atom stereocenters. The van der Waals surface area contributed by atoms with Crippen LogP contribution in [0.2, 0.25) is 0 Å². The molecule has 2 fully saturated rings. The zero-order chi connectivity index (χ0) is 27.1. The molecule has 1 saturated carbocycles. The number of terminal acetylenes is 1. The van der Waals surface area contributed by atoms with Crippen molar-refractivity contribution in [1.82, 2.24) is 14.8 Å². The first-order valence-electron chi connectivity index (χ1n) is 12.4. The zero-order valence-electron chi connectivity index (χ0n) is 21.5. The number of hydrogen-bond donors (Lipinski definition) is 1. The van der Waals surface area contributed by atoms with Gasteiger partial charge in [-0.15, -0.1) is 12.8 Å². The summed E-state index contributed by atoms with van der Waals surface area (Å²) in [6, 6.07) is 10.1. The summed E-state index contributed by atoms with van der Waals surface area (Å²) in [5.74, 6) is 0.490. The lowest BCUT2D eigenvalue weighted by Crippen LogP contribution is -2.26. The van der Waals surface area contributed by atoms with E-state index in [2.05, 4.69) is 28.9 Å². The number of fused-ring (bicyclic) bond motifs is 2. The molecule has 38 heavy (non-hydrogen) atoms. The Morgan fingerprint density at radius 2 is 1.92 bits per heavy atom. The first kappa shape index (κ1) is 25.6. The lowest BCUT2D eigenvalue weighted by molar-refractivity contribution is -0.139. The number of carbonyl (C=O) groups is 1. The van der Waals surface area contributed by atoms with Crippen molar-refractivity contribution in [3.63, 3.8) is 0 Å². The van der Waals surface area contributed by atoms with Crippen LogP contribution in [0.5, 0.6) is 0 Å². The van der Waals surface area contributed by atoms with Crippen molar-refractivity contribution in [2.45, 2.75) is 20.3 Å². The van der Waals surface area contributed by atoms with Gasteiger partial charge < -0.3 is 10.0 Å². The van der Waals surface area contributed by atoms with Crippen LogP contribution in [-0.4, -0.2) is 44.6 Å². The number of carboxylic acid groups (broad SMARTS) is 1. The van der Waals surface area contributed by atoms with Crippen molar-refractivity contribution < 1.29 is 9.90 Å². The number of hydrogen-bond acceptors (Lipinski definition) is 6. The summed E-state index contributed by atoms with van der Waals surface area (Å²) in [7, 11) is 1.92. The number of piperidine rings is 1. The first-order valence-corrected chi connectivity index (χ1v) is 12.8. The Labute approximate surface area is 226 Å².